The van der Waals surface area contributed by atoms with Crippen LogP contribution in [0.4, 0.5) is 30.6 Å². The number of aromatic nitrogens is 2. The quantitative estimate of drug-likeness (QED) is 0.812. The first-order valence-corrected chi connectivity index (χ1v) is 9.19. The van der Waals surface area contributed by atoms with E-state index in [4.69, 9.17) is 0 Å². The minimum absolute atomic E-state index is 0.0246. The van der Waals surface area contributed by atoms with Crippen molar-refractivity contribution in [3.8, 4) is 5.75 Å². The van der Waals surface area contributed by atoms with Gasteiger partial charge in [-0.1, -0.05) is 6.07 Å². The van der Waals surface area contributed by atoms with Gasteiger partial charge in [0, 0.05) is 32.7 Å². The molecule has 0 aliphatic carbocycles. The molecule has 1 amide bonds. The lowest BCUT2D eigenvalue weighted by Gasteiger charge is -2.28. The highest BCUT2D eigenvalue weighted by Gasteiger charge is 2.31. The van der Waals surface area contributed by atoms with Gasteiger partial charge in [0.1, 0.15) is 11.4 Å². The highest BCUT2D eigenvalue weighted by molar-refractivity contribution is 6.05. The molecule has 1 aliphatic rings. The monoisotopic (exact) mass is 409 g/mol. The predicted octanol–water partition coefficient (Wildman–Crippen LogP) is 3.68. The second-order valence-corrected chi connectivity index (χ2v) is 6.88. The van der Waals surface area contributed by atoms with Crippen LogP contribution in [-0.4, -0.2) is 49.4 Å². The van der Waals surface area contributed by atoms with Gasteiger partial charge in [0.25, 0.3) is 5.91 Å². The summed E-state index contributed by atoms with van der Waals surface area (Å²) >= 11 is 0. The van der Waals surface area contributed by atoms with Crippen LogP contribution in [0.25, 0.3) is 0 Å². The molecule has 1 saturated heterocycles. The fourth-order valence-corrected chi connectivity index (χ4v) is 3.07. The van der Waals surface area contributed by atoms with E-state index < -0.39 is 18.0 Å². The molecule has 10 heteroatoms. The van der Waals surface area contributed by atoms with Crippen molar-refractivity contribution in [2.24, 2.45) is 0 Å². The van der Waals surface area contributed by atoms with E-state index in [2.05, 4.69) is 24.9 Å². The minimum atomic E-state index is -4.83. The summed E-state index contributed by atoms with van der Waals surface area (Å²) in [7, 11) is 3.57. The molecule has 7 nitrogen and oxygen atoms in total. The Kier molecular flexibility index (Phi) is 6.09. The lowest BCUT2D eigenvalue weighted by atomic mass is 10.1. The van der Waals surface area contributed by atoms with Gasteiger partial charge in [-0.05, 0) is 37.5 Å². The number of anilines is 3. The summed E-state index contributed by atoms with van der Waals surface area (Å²) in [6.45, 7) is 1.76. The molecule has 1 N–H and O–H groups in total. The van der Waals surface area contributed by atoms with E-state index in [-0.39, 0.29) is 5.56 Å². The van der Waals surface area contributed by atoms with Crippen molar-refractivity contribution >= 4 is 23.4 Å². The number of carbonyl (C=O) groups excluding carboxylic acids is 1. The number of amides is 1. The van der Waals surface area contributed by atoms with E-state index in [0.717, 1.165) is 38.1 Å². The molecule has 0 bridgehead atoms. The lowest BCUT2D eigenvalue weighted by molar-refractivity contribution is -0.274. The van der Waals surface area contributed by atoms with Crippen LogP contribution >= 0.6 is 0 Å². The molecule has 1 aromatic carbocycles. The molecule has 2 heterocycles. The second-order valence-electron chi connectivity index (χ2n) is 6.88. The Morgan fingerprint density at radius 1 is 1.21 bits per heavy atom. The highest BCUT2D eigenvalue weighted by Crippen LogP contribution is 2.27. The zero-order valence-electron chi connectivity index (χ0n) is 16.2. The third-order valence-electron chi connectivity index (χ3n) is 4.40. The van der Waals surface area contributed by atoms with Crippen molar-refractivity contribution in [3.63, 3.8) is 0 Å². The van der Waals surface area contributed by atoms with Gasteiger partial charge in [0.2, 0.25) is 5.95 Å². The minimum Gasteiger partial charge on any atom is -0.406 e. The van der Waals surface area contributed by atoms with Crippen LogP contribution < -0.4 is 19.9 Å². The molecule has 3 rings (SSSR count). The molecule has 1 aromatic heterocycles. The normalized spacial score (nSPS) is 14.4. The molecular weight excluding hydrogens is 387 g/mol. The summed E-state index contributed by atoms with van der Waals surface area (Å²) in [5.74, 6) is 0.0494. The zero-order valence-corrected chi connectivity index (χ0v) is 16.2. The summed E-state index contributed by atoms with van der Waals surface area (Å²) in [5.41, 5.74) is 0.388. The lowest BCUT2D eigenvalue weighted by Crippen LogP contribution is -2.31. The molecule has 1 aliphatic heterocycles. The van der Waals surface area contributed by atoms with Crippen molar-refractivity contribution in [2.45, 2.75) is 25.6 Å². The average Bonchev–Trinajstić information content (AvgIpc) is 2.67. The van der Waals surface area contributed by atoms with Crippen LogP contribution in [0, 0.1) is 0 Å². The molecule has 0 radical (unpaired) electrons. The van der Waals surface area contributed by atoms with Crippen LogP contribution in [0.2, 0.25) is 0 Å². The second kappa shape index (κ2) is 8.54. The number of ether oxygens (including phenoxy) is 1. The van der Waals surface area contributed by atoms with Gasteiger partial charge in [-0.15, -0.1) is 13.2 Å². The largest absolute Gasteiger partial charge is 0.573 e. The summed E-state index contributed by atoms with van der Waals surface area (Å²) in [6.07, 6.45) is 0.0266. The maximum atomic E-state index is 12.6. The van der Waals surface area contributed by atoms with Crippen molar-refractivity contribution in [1.82, 2.24) is 9.97 Å². The number of rotatable bonds is 5. The van der Waals surface area contributed by atoms with Gasteiger partial charge in [-0.25, -0.2) is 4.98 Å². The number of halogens is 3. The number of nitrogens with one attached hydrogen (secondary N) is 1. The molecular formula is C19H22F3N5O2. The third kappa shape index (κ3) is 5.49. The van der Waals surface area contributed by atoms with Crippen LogP contribution in [0.1, 0.15) is 29.6 Å². The Labute approximate surface area is 166 Å². The van der Waals surface area contributed by atoms with Crippen molar-refractivity contribution in [2.75, 3.05) is 42.3 Å². The molecule has 29 heavy (non-hydrogen) atoms. The first-order chi connectivity index (χ1) is 13.7. The summed E-state index contributed by atoms with van der Waals surface area (Å²) in [5, 5.41) is 2.67. The van der Waals surface area contributed by atoms with Gasteiger partial charge in [-0.3, -0.25) is 4.79 Å². The average molecular weight is 409 g/mol. The molecule has 1 fully saturated rings. The first-order valence-electron chi connectivity index (χ1n) is 9.19. The van der Waals surface area contributed by atoms with Gasteiger partial charge in [0.05, 0.1) is 6.20 Å². The molecule has 156 valence electrons. The van der Waals surface area contributed by atoms with Gasteiger partial charge in [0.15, 0.2) is 5.82 Å². The van der Waals surface area contributed by atoms with Crippen LogP contribution in [0.5, 0.6) is 5.75 Å². The Morgan fingerprint density at radius 3 is 2.59 bits per heavy atom. The van der Waals surface area contributed by atoms with Crippen LogP contribution in [0.3, 0.4) is 0 Å². The Morgan fingerprint density at radius 2 is 1.93 bits per heavy atom. The molecule has 0 atom stereocenters. The van der Waals surface area contributed by atoms with Gasteiger partial charge >= 0.3 is 6.36 Å². The van der Waals surface area contributed by atoms with Gasteiger partial charge in [-0.2, -0.15) is 4.98 Å². The molecule has 2 aromatic rings. The highest BCUT2D eigenvalue weighted by atomic mass is 19.4. The SMILES string of the molecule is CN(C)c1nc(N2CCCCC2)ncc1NC(=O)c1cccc(OC(F)(F)F)c1. The smallest absolute Gasteiger partial charge is 0.406 e. The summed E-state index contributed by atoms with van der Waals surface area (Å²) in [6, 6.07) is 4.88. The van der Waals surface area contributed by atoms with E-state index in [1.807, 2.05) is 0 Å². The molecule has 0 saturated carbocycles. The summed E-state index contributed by atoms with van der Waals surface area (Å²) in [4.78, 5) is 25.3. The van der Waals surface area contributed by atoms with Crippen LogP contribution in [0.15, 0.2) is 30.5 Å². The standard InChI is InChI=1S/C19H22F3N5O2/c1-26(2)16-15(12-23-18(25-16)27-9-4-3-5-10-27)24-17(28)13-7-6-8-14(11-13)29-19(20,21)22/h6-8,11-12H,3-5,9-10H2,1-2H3,(H,24,28). The number of benzene rings is 1. The maximum Gasteiger partial charge on any atom is 0.573 e. The van der Waals surface area contributed by atoms with E-state index in [1.165, 1.54) is 24.8 Å². The Balaban J connectivity index is 1.80. The Hall–Kier alpha value is -3.04. The number of nitrogens with zero attached hydrogens (tertiary/aromatic N) is 4. The number of hydrogen-bond donors (Lipinski definition) is 1. The van der Waals surface area contributed by atoms with E-state index in [0.29, 0.717) is 17.5 Å². The topological polar surface area (TPSA) is 70.6 Å². The van der Waals surface area contributed by atoms with Gasteiger partial charge < -0.3 is 19.9 Å². The molecule has 0 unspecified atom stereocenters. The third-order valence-corrected chi connectivity index (χ3v) is 4.40. The van der Waals surface area contributed by atoms with Crippen molar-refractivity contribution in [3.05, 3.63) is 36.0 Å². The molecule has 0 spiro atoms. The van der Waals surface area contributed by atoms with E-state index in [1.54, 1.807) is 19.0 Å². The fourth-order valence-electron chi connectivity index (χ4n) is 3.07. The Bertz CT molecular complexity index is 867. The van der Waals surface area contributed by atoms with Crippen molar-refractivity contribution in [1.29, 1.82) is 0 Å². The van der Waals surface area contributed by atoms with E-state index in [9.17, 15) is 18.0 Å². The number of hydrogen-bond acceptors (Lipinski definition) is 6. The number of alkyl halides is 3. The summed E-state index contributed by atoms with van der Waals surface area (Å²) < 4.78 is 41.1. The van der Waals surface area contributed by atoms with Crippen molar-refractivity contribution < 1.29 is 22.7 Å². The number of piperidine rings is 1. The first kappa shape index (κ1) is 20.7. The zero-order chi connectivity index (χ0) is 21.0. The maximum absolute atomic E-state index is 12.6. The van der Waals surface area contributed by atoms with Crippen LogP contribution in [-0.2, 0) is 0 Å². The predicted molar refractivity (Wildman–Crippen MR) is 104 cm³/mol. The van der Waals surface area contributed by atoms with E-state index >= 15 is 0 Å². The number of carbonyl (C=O) groups is 1. The fraction of sp³-hybridized carbons (Fsp3) is 0.421.